The van der Waals surface area contributed by atoms with Gasteiger partial charge in [0.25, 0.3) is 0 Å². The summed E-state index contributed by atoms with van der Waals surface area (Å²) in [6.45, 7) is 12.1. The molecule has 0 saturated heterocycles. The van der Waals surface area contributed by atoms with Gasteiger partial charge in [-0.3, -0.25) is 0 Å². The van der Waals surface area contributed by atoms with Crippen LogP contribution in [-0.4, -0.2) is 35.5 Å². The van der Waals surface area contributed by atoms with Crippen LogP contribution in [0.15, 0.2) is 0 Å². The molecule has 0 amide bonds. The van der Waals surface area contributed by atoms with Crippen molar-refractivity contribution in [3.63, 3.8) is 0 Å². The topological polar surface area (TPSA) is 88.1 Å². The summed E-state index contributed by atoms with van der Waals surface area (Å²) < 4.78 is 18.0. The van der Waals surface area contributed by atoms with Gasteiger partial charge in [-0.1, -0.05) is 0 Å². The maximum absolute atomic E-state index is 11.0. The van der Waals surface area contributed by atoms with E-state index in [-0.39, 0.29) is 0 Å². The predicted molar refractivity (Wildman–Crippen MR) is 76.4 cm³/mol. The van der Waals surface area contributed by atoms with Gasteiger partial charge in [-0.05, 0) is 48.5 Å². The minimum atomic E-state index is -1.06. The Balaban J connectivity index is 0. The van der Waals surface area contributed by atoms with Gasteiger partial charge in [0.05, 0.1) is 6.61 Å². The Labute approximate surface area is 129 Å². The Morgan fingerprint density at radius 1 is 0.857 bits per heavy atom. The van der Waals surface area contributed by atoms with Crippen LogP contribution in [0.5, 0.6) is 0 Å². The van der Waals surface area contributed by atoms with E-state index in [0.717, 1.165) is 0 Å². The third kappa shape index (κ3) is 21.0. The zero-order valence-electron chi connectivity index (χ0n) is 13.4. The normalized spacial score (nSPS) is 10.7. The number of hydrogen-bond donors (Lipinski definition) is 0. The van der Waals surface area contributed by atoms with Gasteiger partial charge in [0, 0.05) is 11.6 Å². The number of carbonyl (C=O) groups excluding carboxylic acids is 3. The smallest absolute Gasteiger partial charge is 0.454 e. The molecule has 0 aliphatic heterocycles. The molecule has 0 aliphatic carbocycles. The number of rotatable bonds is 1. The molecule has 7 nitrogen and oxygen atoms in total. The second-order valence-corrected chi connectivity index (χ2v) is 6.01. The molecule has 0 spiro atoms. The highest BCUT2D eigenvalue weighted by atomic mass is 35.5. The van der Waals surface area contributed by atoms with Gasteiger partial charge in [0.15, 0.2) is 0 Å². The first-order chi connectivity index (χ1) is 9.26. The van der Waals surface area contributed by atoms with Crippen molar-refractivity contribution in [2.45, 2.75) is 59.7 Å². The monoisotopic (exact) mass is 326 g/mol. The summed E-state index contributed by atoms with van der Waals surface area (Å²) in [5.74, 6) is 0. The van der Waals surface area contributed by atoms with Gasteiger partial charge in [-0.15, -0.1) is 0 Å². The van der Waals surface area contributed by atoms with Crippen LogP contribution < -0.4 is 0 Å². The maximum Gasteiger partial charge on any atom is 0.519 e. The van der Waals surface area contributed by atoms with E-state index in [1.165, 1.54) is 0 Å². The second-order valence-electron chi connectivity index (χ2n) is 5.70. The van der Waals surface area contributed by atoms with Crippen molar-refractivity contribution in [2.75, 3.05) is 6.61 Å². The molecule has 0 radical (unpaired) electrons. The highest BCUT2D eigenvalue weighted by Gasteiger charge is 2.24. The summed E-state index contributed by atoms with van der Waals surface area (Å²) in [5, 5.41) is 0. The van der Waals surface area contributed by atoms with Crippen molar-refractivity contribution in [2.24, 2.45) is 0 Å². The van der Waals surface area contributed by atoms with Gasteiger partial charge in [0.2, 0.25) is 0 Å². The second kappa shape index (κ2) is 9.44. The van der Waals surface area contributed by atoms with Crippen LogP contribution in [0.2, 0.25) is 0 Å². The third-order valence-electron chi connectivity index (χ3n) is 1.20. The molecule has 0 bridgehead atoms. The van der Waals surface area contributed by atoms with Crippen molar-refractivity contribution < 1.29 is 33.3 Å². The van der Waals surface area contributed by atoms with Crippen molar-refractivity contribution in [3.8, 4) is 0 Å². The lowest BCUT2D eigenvalue weighted by Gasteiger charge is -2.20. The average Bonchev–Trinajstić information content (AvgIpc) is 2.10. The molecule has 0 saturated carbocycles. The third-order valence-corrected chi connectivity index (χ3v) is 1.31. The largest absolute Gasteiger partial charge is 0.519 e. The number of ether oxygens (including phenoxy) is 4. The van der Waals surface area contributed by atoms with E-state index in [2.05, 4.69) is 9.47 Å². The molecular weight excluding hydrogens is 304 g/mol. The van der Waals surface area contributed by atoms with E-state index < -0.39 is 28.9 Å². The van der Waals surface area contributed by atoms with Gasteiger partial charge in [-0.2, -0.15) is 0 Å². The van der Waals surface area contributed by atoms with Crippen molar-refractivity contribution in [3.05, 3.63) is 0 Å². The Bertz CT molecular complexity index is 327. The van der Waals surface area contributed by atoms with Gasteiger partial charge >= 0.3 is 17.7 Å². The van der Waals surface area contributed by atoms with Crippen LogP contribution in [0.25, 0.3) is 0 Å². The van der Waals surface area contributed by atoms with Crippen molar-refractivity contribution in [1.82, 2.24) is 0 Å². The Morgan fingerprint density at radius 3 is 1.33 bits per heavy atom. The van der Waals surface area contributed by atoms with Crippen LogP contribution in [-0.2, 0) is 18.9 Å². The molecule has 0 aliphatic rings. The van der Waals surface area contributed by atoms with Crippen LogP contribution in [0.1, 0.15) is 48.5 Å². The molecule has 0 heterocycles. The Hall–Kier alpha value is -1.50. The molecule has 0 aromatic heterocycles. The maximum atomic E-state index is 11.0. The summed E-state index contributed by atoms with van der Waals surface area (Å²) in [4.78, 5) is 31.6. The standard InChI is InChI=1S/C10H18O5.C3H5ClO2/c1-9(2,3)14-7(11)13-8(12)15-10(4,5)6;1-2-6-3(4)5/h1-6H3;2H2,1H3. The van der Waals surface area contributed by atoms with E-state index in [1.54, 1.807) is 48.5 Å². The summed E-state index contributed by atoms with van der Waals surface area (Å²) in [6.07, 6.45) is -2.12. The quantitative estimate of drug-likeness (QED) is 0.308. The molecule has 0 unspecified atom stereocenters. The van der Waals surface area contributed by atoms with E-state index in [4.69, 9.17) is 21.1 Å². The fraction of sp³-hybridized carbons (Fsp3) is 0.769. The number of halogens is 1. The minimum absolute atomic E-state index is 0.350. The highest BCUT2D eigenvalue weighted by molar-refractivity contribution is 6.61. The lowest BCUT2D eigenvalue weighted by Crippen LogP contribution is -2.29. The molecule has 0 aromatic rings. The SMILES string of the molecule is CC(C)(C)OC(=O)OC(=O)OC(C)(C)C.CCOC(=O)Cl. The molecule has 8 heteroatoms. The molecule has 21 heavy (non-hydrogen) atoms. The van der Waals surface area contributed by atoms with Crippen LogP contribution in [0.3, 0.4) is 0 Å². The van der Waals surface area contributed by atoms with E-state index >= 15 is 0 Å². The highest BCUT2D eigenvalue weighted by Crippen LogP contribution is 2.11. The molecular formula is C13H23ClO7. The number of carbonyl (C=O) groups is 3. The van der Waals surface area contributed by atoms with Gasteiger partial charge < -0.3 is 18.9 Å². The summed E-state index contributed by atoms with van der Waals surface area (Å²) >= 11 is 4.72. The molecule has 0 fully saturated rings. The lowest BCUT2D eigenvalue weighted by molar-refractivity contribution is -0.0293. The summed E-state index contributed by atoms with van der Waals surface area (Å²) in [6, 6.07) is 0. The van der Waals surface area contributed by atoms with E-state index in [9.17, 15) is 14.4 Å². The molecule has 0 N–H and O–H groups in total. The fourth-order valence-corrected chi connectivity index (χ4v) is 0.832. The minimum Gasteiger partial charge on any atom is -0.454 e. The van der Waals surface area contributed by atoms with Crippen LogP contribution in [0.4, 0.5) is 14.4 Å². The zero-order valence-corrected chi connectivity index (χ0v) is 14.2. The molecule has 0 aromatic carbocycles. The number of hydrogen-bond acceptors (Lipinski definition) is 7. The Morgan fingerprint density at radius 2 is 1.19 bits per heavy atom. The zero-order chi connectivity index (χ0) is 17.3. The average molecular weight is 327 g/mol. The van der Waals surface area contributed by atoms with E-state index in [0.29, 0.717) is 6.61 Å². The molecule has 0 atom stereocenters. The fourth-order valence-electron chi connectivity index (χ4n) is 0.723. The van der Waals surface area contributed by atoms with Crippen LogP contribution in [0, 0.1) is 0 Å². The van der Waals surface area contributed by atoms with Crippen LogP contribution >= 0.6 is 11.6 Å². The van der Waals surface area contributed by atoms with Crippen molar-refractivity contribution >= 4 is 29.3 Å². The summed E-state index contributed by atoms with van der Waals surface area (Å²) in [7, 11) is 0. The van der Waals surface area contributed by atoms with Crippen molar-refractivity contribution in [1.29, 1.82) is 0 Å². The Kier molecular flexibility index (Phi) is 9.79. The van der Waals surface area contributed by atoms with E-state index in [1.807, 2.05) is 0 Å². The summed E-state index contributed by atoms with van der Waals surface area (Å²) in [5.41, 5.74) is -2.13. The van der Waals surface area contributed by atoms with Gasteiger partial charge in [0.1, 0.15) is 11.2 Å². The first kappa shape index (κ1) is 21.8. The molecule has 124 valence electrons. The molecule has 0 rings (SSSR count). The first-order valence-corrected chi connectivity index (χ1v) is 6.60. The lowest BCUT2D eigenvalue weighted by atomic mass is 10.2. The first-order valence-electron chi connectivity index (χ1n) is 6.23. The predicted octanol–water partition coefficient (Wildman–Crippen LogP) is 4.25. The van der Waals surface area contributed by atoms with Gasteiger partial charge in [-0.25, -0.2) is 14.4 Å².